The monoisotopic (exact) mass is 461 g/mol. The Kier molecular flexibility index (Phi) is 5.67. The van der Waals surface area contributed by atoms with E-state index in [-0.39, 0.29) is 23.6 Å². The van der Waals surface area contributed by atoms with Gasteiger partial charge in [-0.25, -0.2) is 4.98 Å². The predicted octanol–water partition coefficient (Wildman–Crippen LogP) is 2.87. The lowest BCUT2D eigenvalue weighted by molar-refractivity contribution is -0.139. The molecule has 1 unspecified atom stereocenters. The Bertz CT molecular complexity index is 1270. The number of aromatic hydroxyl groups is 1. The van der Waals surface area contributed by atoms with Crippen LogP contribution in [0, 0.1) is 0 Å². The van der Waals surface area contributed by atoms with Gasteiger partial charge in [0.1, 0.15) is 24.7 Å². The SMILES string of the molecule is O=C1C(=O)N(CCCn2ccnc2)C(c2cccc(O)c2)/C1=C(/O)c1ccc2c(c1)OCCO2. The Balaban J connectivity index is 1.54. The lowest BCUT2D eigenvalue weighted by Gasteiger charge is -2.25. The molecule has 1 saturated heterocycles. The highest BCUT2D eigenvalue weighted by molar-refractivity contribution is 6.46. The van der Waals surface area contributed by atoms with Crippen molar-refractivity contribution in [1.82, 2.24) is 14.5 Å². The number of hydrogen-bond acceptors (Lipinski definition) is 7. The summed E-state index contributed by atoms with van der Waals surface area (Å²) in [7, 11) is 0. The second kappa shape index (κ2) is 8.93. The van der Waals surface area contributed by atoms with Gasteiger partial charge in [0.05, 0.1) is 17.9 Å². The Hall–Kier alpha value is -4.27. The van der Waals surface area contributed by atoms with Crippen LogP contribution in [0.4, 0.5) is 0 Å². The van der Waals surface area contributed by atoms with E-state index in [1.807, 2.05) is 10.8 Å². The van der Waals surface area contributed by atoms with Gasteiger partial charge < -0.3 is 29.2 Å². The van der Waals surface area contributed by atoms with E-state index in [9.17, 15) is 19.8 Å². The van der Waals surface area contributed by atoms with Crippen LogP contribution >= 0.6 is 0 Å². The summed E-state index contributed by atoms with van der Waals surface area (Å²) in [6.45, 7) is 1.70. The molecule has 2 aliphatic rings. The summed E-state index contributed by atoms with van der Waals surface area (Å²) in [6.07, 6.45) is 5.75. The van der Waals surface area contributed by atoms with Crippen molar-refractivity contribution in [3.8, 4) is 17.2 Å². The number of aliphatic hydroxyl groups excluding tert-OH is 1. The van der Waals surface area contributed by atoms with Crippen LogP contribution in [0.25, 0.3) is 5.76 Å². The number of hydrogen-bond donors (Lipinski definition) is 2. The van der Waals surface area contributed by atoms with Crippen molar-refractivity contribution in [2.75, 3.05) is 19.8 Å². The van der Waals surface area contributed by atoms with Gasteiger partial charge >= 0.3 is 0 Å². The van der Waals surface area contributed by atoms with Crippen molar-refractivity contribution >= 4 is 17.4 Å². The molecule has 0 spiro atoms. The van der Waals surface area contributed by atoms with E-state index in [1.54, 1.807) is 42.9 Å². The van der Waals surface area contributed by atoms with Gasteiger partial charge in [0.15, 0.2) is 11.5 Å². The largest absolute Gasteiger partial charge is 0.508 e. The maximum atomic E-state index is 13.1. The van der Waals surface area contributed by atoms with Crippen LogP contribution < -0.4 is 9.47 Å². The molecule has 1 amide bonds. The van der Waals surface area contributed by atoms with Crippen LogP contribution in [0.2, 0.25) is 0 Å². The molecule has 1 fully saturated rings. The van der Waals surface area contributed by atoms with Crippen molar-refractivity contribution in [2.45, 2.75) is 19.0 Å². The van der Waals surface area contributed by atoms with Gasteiger partial charge in [-0.2, -0.15) is 0 Å². The Morgan fingerprint density at radius 3 is 2.65 bits per heavy atom. The molecule has 1 aromatic heterocycles. The molecule has 5 rings (SSSR count). The summed E-state index contributed by atoms with van der Waals surface area (Å²) < 4.78 is 13.0. The third-order valence-corrected chi connectivity index (χ3v) is 5.92. The number of aryl methyl sites for hydroxylation is 1. The van der Waals surface area contributed by atoms with Crippen molar-refractivity contribution in [3.63, 3.8) is 0 Å². The number of carbonyl (C=O) groups is 2. The molecule has 0 aliphatic carbocycles. The number of aromatic nitrogens is 2. The summed E-state index contributed by atoms with van der Waals surface area (Å²) >= 11 is 0. The number of fused-ring (bicyclic) bond motifs is 1. The van der Waals surface area contributed by atoms with E-state index in [0.29, 0.717) is 48.8 Å². The first kappa shape index (κ1) is 21.6. The lowest BCUT2D eigenvalue weighted by atomic mass is 9.95. The maximum Gasteiger partial charge on any atom is 0.295 e. The van der Waals surface area contributed by atoms with Crippen LogP contribution in [0.3, 0.4) is 0 Å². The molecule has 0 saturated carbocycles. The van der Waals surface area contributed by atoms with Crippen LogP contribution in [0.15, 0.2) is 66.8 Å². The Morgan fingerprint density at radius 2 is 1.88 bits per heavy atom. The standard InChI is InChI=1S/C25H23N3O6/c29-18-4-1-3-16(13-18)22-21(23(30)17-5-6-19-20(14-17)34-12-11-33-19)24(31)25(32)28(22)9-2-8-27-10-7-26-15-27/h1,3-7,10,13-15,22,29-30H,2,8-9,11-12H2/b23-21-. The number of ketones is 1. The van der Waals surface area contributed by atoms with E-state index in [1.165, 1.54) is 17.0 Å². The van der Waals surface area contributed by atoms with Crippen molar-refractivity contribution < 1.29 is 29.3 Å². The molecule has 1 atom stereocenters. The molecule has 34 heavy (non-hydrogen) atoms. The van der Waals surface area contributed by atoms with E-state index in [0.717, 1.165) is 0 Å². The second-order valence-electron chi connectivity index (χ2n) is 8.10. The van der Waals surface area contributed by atoms with Gasteiger partial charge in [0.25, 0.3) is 11.7 Å². The summed E-state index contributed by atoms with van der Waals surface area (Å²) in [6, 6.07) is 10.4. The minimum atomic E-state index is -0.844. The molecular weight excluding hydrogens is 438 g/mol. The number of phenolic OH excluding ortho intramolecular Hbond substituents is 1. The molecule has 0 radical (unpaired) electrons. The van der Waals surface area contributed by atoms with E-state index >= 15 is 0 Å². The number of amides is 1. The number of carbonyl (C=O) groups excluding carboxylic acids is 2. The molecule has 9 heteroatoms. The van der Waals surface area contributed by atoms with Crippen molar-refractivity contribution in [3.05, 3.63) is 77.9 Å². The zero-order valence-corrected chi connectivity index (χ0v) is 18.3. The highest BCUT2D eigenvalue weighted by Gasteiger charge is 2.46. The van der Waals surface area contributed by atoms with Gasteiger partial charge in [-0.15, -0.1) is 0 Å². The number of ether oxygens (including phenoxy) is 2. The first-order valence-electron chi connectivity index (χ1n) is 11.0. The number of phenols is 1. The van der Waals surface area contributed by atoms with Crippen molar-refractivity contribution in [1.29, 1.82) is 0 Å². The molecule has 3 aromatic rings. The Morgan fingerprint density at radius 1 is 1.06 bits per heavy atom. The summed E-state index contributed by atoms with van der Waals surface area (Å²) in [5, 5.41) is 21.3. The topological polar surface area (TPSA) is 114 Å². The second-order valence-corrected chi connectivity index (χ2v) is 8.10. The van der Waals surface area contributed by atoms with E-state index in [2.05, 4.69) is 4.98 Å². The molecule has 2 aromatic carbocycles. The number of imidazole rings is 1. The highest BCUT2D eigenvalue weighted by atomic mass is 16.6. The van der Waals surface area contributed by atoms with Crippen LogP contribution in [0.5, 0.6) is 17.2 Å². The fourth-order valence-electron chi connectivity index (χ4n) is 4.34. The smallest absolute Gasteiger partial charge is 0.295 e. The number of likely N-dealkylation sites (tertiary alicyclic amines) is 1. The predicted molar refractivity (Wildman–Crippen MR) is 121 cm³/mol. The zero-order chi connectivity index (χ0) is 23.7. The molecule has 2 N–H and O–H groups in total. The van der Waals surface area contributed by atoms with E-state index < -0.39 is 17.7 Å². The average Bonchev–Trinajstić information content (AvgIpc) is 3.45. The first-order chi connectivity index (χ1) is 16.5. The zero-order valence-electron chi connectivity index (χ0n) is 18.3. The van der Waals surface area contributed by atoms with Crippen LogP contribution in [-0.4, -0.2) is 56.1 Å². The number of aliphatic hydroxyl groups is 1. The lowest BCUT2D eigenvalue weighted by Crippen LogP contribution is -2.31. The van der Waals surface area contributed by atoms with Crippen molar-refractivity contribution in [2.24, 2.45) is 0 Å². The fourth-order valence-corrected chi connectivity index (χ4v) is 4.34. The quantitative estimate of drug-likeness (QED) is 0.330. The fraction of sp³-hybridized carbons (Fsp3) is 0.240. The number of benzene rings is 2. The molecule has 9 nitrogen and oxygen atoms in total. The number of rotatable bonds is 6. The number of nitrogens with zero attached hydrogens (tertiary/aromatic N) is 3. The summed E-state index contributed by atoms with van der Waals surface area (Å²) in [5.74, 6) is -0.769. The van der Waals surface area contributed by atoms with E-state index in [4.69, 9.17) is 9.47 Å². The maximum absolute atomic E-state index is 13.1. The molecule has 174 valence electrons. The minimum Gasteiger partial charge on any atom is -0.508 e. The summed E-state index contributed by atoms with van der Waals surface area (Å²) in [5.41, 5.74) is 0.835. The normalized spacial score (nSPS) is 18.9. The minimum absolute atomic E-state index is 0.000771. The Labute approximate surface area is 195 Å². The van der Waals surface area contributed by atoms with Gasteiger partial charge in [0.2, 0.25) is 0 Å². The third-order valence-electron chi connectivity index (χ3n) is 5.92. The number of Topliss-reactive ketones (excluding diaryl/α,β-unsaturated/α-hetero) is 1. The highest BCUT2D eigenvalue weighted by Crippen LogP contribution is 2.41. The van der Waals surface area contributed by atoms with Gasteiger partial charge in [-0.1, -0.05) is 12.1 Å². The summed E-state index contributed by atoms with van der Waals surface area (Å²) in [4.78, 5) is 31.6. The van der Waals surface area contributed by atoms with Crippen LogP contribution in [0.1, 0.15) is 23.6 Å². The van der Waals surface area contributed by atoms with Gasteiger partial charge in [-0.3, -0.25) is 9.59 Å². The molecule has 3 heterocycles. The molecule has 2 aliphatic heterocycles. The van der Waals surface area contributed by atoms with Crippen LogP contribution in [-0.2, 0) is 16.1 Å². The third kappa shape index (κ3) is 3.96. The molecular formula is C25H23N3O6. The van der Waals surface area contributed by atoms with Gasteiger partial charge in [-0.05, 0) is 42.3 Å². The first-order valence-corrected chi connectivity index (χ1v) is 11.0. The average molecular weight is 461 g/mol. The molecule has 0 bridgehead atoms. The van der Waals surface area contributed by atoms with Gasteiger partial charge in [0, 0.05) is 31.0 Å².